The fourth-order valence-corrected chi connectivity index (χ4v) is 2.76. The second-order valence-electron chi connectivity index (χ2n) is 5.54. The number of nitrogens with one attached hydrogen (secondary N) is 2. The van der Waals surface area contributed by atoms with Gasteiger partial charge in [-0.25, -0.2) is 4.98 Å². The number of oxazole rings is 1. The van der Waals surface area contributed by atoms with Crippen molar-refractivity contribution in [3.8, 4) is 0 Å². The average molecular weight is 322 g/mol. The molecule has 0 aliphatic carbocycles. The summed E-state index contributed by atoms with van der Waals surface area (Å²) >= 11 is 0. The van der Waals surface area contributed by atoms with Crippen LogP contribution < -0.4 is 10.6 Å². The summed E-state index contributed by atoms with van der Waals surface area (Å²) in [5, 5.41) is 5.46. The van der Waals surface area contributed by atoms with E-state index < -0.39 is 6.04 Å². The highest BCUT2D eigenvalue weighted by Gasteiger charge is 2.28. The number of pyridine rings is 1. The van der Waals surface area contributed by atoms with Crippen LogP contribution in [-0.4, -0.2) is 27.8 Å². The molecule has 0 saturated carbocycles. The Labute approximate surface area is 137 Å². The lowest BCUT2D eigenvalue weighted by atomic mass is 9.95. The van der Waals surface area contributed by atoms with E-state index in [1.54, 1.807) is 30.5 Å². The maximum absolute atomic E-state index is 12.3. The van der Waals surface area contributed by atoms with Crippen LogP contribution in [0.25, 0.3) is 11.2 Å². The molecule has 0 spiro atoms. The van der Waals surface area contributed by atoms with Gasteiger partial charge >= 0.3 is 0 Å². The fraction of sp³-hybridized carbons (Fsp3) is 0.176. The molecule has 1 atom stereocenters. The minimum Gasteiger partial charge on any atom is -0.437 e. The van der Waals surface area contributed by atoms with Gasteiger partial charge in [0.2, 0.25) is 11.8 Å². The Kier molecular flexibility index (Phi) is 3.45. The Morgan fingerprint density at radius 3 is 3.04 bits per heavy atom. The molecule has 1 unspecified atom stereocenters. The largest absolute Gasteiger partial charge is 0.437 e. The van der Waals surface area contributed by atoms with Gasteiger partial charge < -0.3 is 15.1 Å². The van der Waals surface area contributed by atoms with E-state index in [2.05, 4.69) is 20.6 Å². The smallest absolute Gasteiger partial charge is 0.252 e. The molecule has 2 N–H and O–H groups in total. The maximum atomic E-state index is 12.3. The van der Waals surface area contributed by atoms with Gasteiger partial charge in [-0.15, -0.1) is 0 Å². The molecule has 7 nitrogen and oxygen atoms in total. The number of benzene rings is 1. The second kappa shape index (κ2) is 5.77. The highest BCUT2D eigenvalue weighted by atomic mass is 16.3. The predicted molar refractivity (Wildman–Crippen MR) is 85.1 cm³/mol. The molecule has 2 amide bonds. The van der Waals surface area contributed by atoms with E-state index in [0.717, 1.165) is 5.56 Å². The van der Waals surface area contributed by atoms with E-state index in [1.165, 1.54) is 0 Å². The molecule has 0 fully saturated rings. The van der Waals surface area contributed by atoms with Crippen LogP contribution in [0.15, 0.2) is 47.0 Å². The third-order valence-electron chi connectivity index (χ3n) is 3.93. The number of carbonyl (C=O) groups excluding carboxylic acids is 2. The predicted octanol–water partition coefficient (Wildman–Crippen LogP) is 1.19. The van der Waals surface area contributed by atoms with E-state index >= 15 is 0 Å². The first-order chi connectivity index (χ1) is 11.7. The SMILES string of the molecule is O=C1NC(C(=O)NCc2nc3ncccc3o2)Cc2ccccc21. The van der Waals surface area contributed by atoms with Crippen LogP contribution in [0.2, 0.25) is 0 Å². The molecule has 120 valence electrons. The first-order valence-corrected chi connectivity index (χ1v) is 7.57. The van der Waals surface area contributed by atoms with Crippen LogP contribution >= 0.6 is 0 Å². The number of hydrogen-bond donors (Lipinski definition) is 2. The van der Waals surface area contributed by atoms with Crippen LogP contribution in [-0.2, 0) is 17.8 Å². The van der Waals surface area contributed by atoms with Gasteiger partial charge in [0.05, 0.1) is 6.54 Å². The third kappa shape index (κ3) is 2.60. The van der Waals surface area contributed by atoms with Gasteiger partial charge in [-0.3, -0.25) is 9.59 Å². The van der Waals surface area contributed by atoms with E-state index in [0.29, 0.717) is 29.1 Å². The van der Waals surface area contributed by atoms with Crippen molar-refractivity contribution in [2.75, 3.05) is 0 Å². The first kappa shape index (κ1) is 14.4. The Hall–Kier alpha value is -3.22. The molecule has 1 aliphatic rings. The minimum atomic E-state index is -0.602. The van der Waals surface area contributed by atoms with Crippen molar-refractivity contribution in [2.24, 2.45) is 0 Å². The van der Waals surface area contributed by atoms with Crippen LogP contribution in [0, 0.1) is 0 Å². The van der Waals surface area contributed by atoms with E-state index in [9.17, 15) is 9.59 Å². The topological polar surface area (TPSA) is 97.1 Å². The average Bonchev–Trinajstić information content (AvgIpc) is 3.02. The van der Waals surface area contributed by atoms with Crippen molar-refractivity contribution in [3.63, 3.8) is 0 Å². The monoisotopic (exact) mass is 322 g/mol. The van der Waals surface area contributed by atoms with E-state index in [-0.39, 0.29) is 18.4 Å². The van der Waals surface area contributed by atoms with E-state index in [4.69, 9.17) is 4.42 Å². The van der Waals surface area contributed by atoms with Crippen LogP contribution in [0.1, 0.15) is 21.8 Å². The number of amides is 2. The van der Waals surface area contributed by atoms with E-state index in [1.807, 2.05) is 12.1 Å². The Bertz CT molecular complexity index is 901. The normalized spacial score (nSPS) is 16.5. The highest BCUT2D eigenvalue weighted by Crippen LogP contribution is 2.17. The third-order valence-corrected chi connectivity index (χ3v) is 3.93. The molecule has 3 heterocycles. The molecular formula is C17H14N4O3. The lowest BCUT2D eigenvalue weighted by molar-refractivity contribution is -0.123. The lowest BCUT2D eigenvalue weighted by Crippen LogP contribution is -2.50. The Morgan fingerprint density at radius 2 is 2.17 bits per heavy atom. The molecule has 0 bridgehead atoms. The summed E-state index contributed by atoms with van der Waals surface area (Å²) in [6.45, 7) is 0.142. The standard InChI is InChI=1S/C17H14N4O3/c22-16-11-5-2-1-4-10(11)8-12(20-16)17(23)19-9-14-21-15-13(24-14)6-3-7-18-15/h1-7,12H,8-9H2,(H,19,23)(H,20,22). The zero-order valence-corrected chi connectivity index (χ0v) is 12.7. The fourth-order valence-electron chi connectivity index (χ4n) is 2.76. The number of aromatic nitrogens is 2. The van der Waals surface area contributed by atoms with Gasteiger partial charge in [-0.1, -0.05) is 18.2 Å². The van der Waals surface area contributed by atoms with Gasteiger partial charge in [0.1, 0.15) is 6.04 Å². The van der Waals surface area contributed by atoms with Crippen molar-refractivity contribution >= 4 is 23.0 Å². The minimum absolute atomic E-state index is 0.142. The van der Waals surface area contributed by atoms with Crippen molar-refractivity contribution in [1.29, 1.82) is 0 Å². The van der Waals surface area contributed by atoms with Crippen molar-refractivity contribution < 1.29 is 14.0 Å². The summed E-state index contributed by atoms with van der Waals surface area (Å²) in [5.41, 5.74) is 2.56. The molecule has 1 aromatic carbocycles. The van der Waals surface area contributed by atoms with Gasteiger partial charge in [-0.2, -0.15) is 4.98 Å². The van der Waals surface area contributed by atoms with Crippen LogP contribution in [0.5, 0.6) is 0 Å². The van der Waals surface area contributed by atoms with Gasteiger partial charge in [0.15, 0.2) is 11.2 Å². The Balaban J connectivity index is 1.44. The molecular weight excluding hydrogens is 308 g/mol. The molecule has 4 rings (SSSR count). The van der Waals surface area contributed by atoms with Gasteiger partial charge in [0, 0.05) is 18.2 Å². The molecule has 1 aliphatic heterocycles. The summed E-state index contributed by atoms with van der Waals surface area (Å²) in [4.78, 5) is 32.7. The molecule has 3 aromatic rings. The second-order valence-corrected chi connectivity index (χ2v) is 5.54. The first-order valence-electron chi connectivity index (χ1n) is 7.57. The molecule has 2 aromatic heterocycles. The zero-order valence-electron chi connectivity index (χ0n) is 12.7. The van der Waals surface area contributed by atoms with Crippen molar-refractivity contribution in [3.05, 3.63) is 59.6 Å². The quantitative estimate of drug-likeness (QED) is 0.755. The van der Waals surface area contributed by atoms with Crippen LogP contribution in [0.4, 0.5) is 0 Å². The van der Waals surface area contributed by atoms with Crippen molar-refractivity contribution in [2.45, 2.75) is 19.0 Å². The Morgan fingerprint density at radius 1 is 1.29 bits per heavy atom. The number of carbonyl (C=O) groups is 2. The molecule has 0 saturated heterocycles. The summed E-state index contributed by atoms with van der Waals surface area (Å²) in [7, 11) is 0. The number of rotatable bonds is 3. The summed E-state index contributed by atoms with van der Waals surface area (Å²) in [6.07, 6.45) is 2.09. The lowest BCUT2D eigenvalue weighted by Gasteiger charge is -2.24. The van der Waals surface area contributed by atoms with Crippen molar-refractivity contribution in [1.82, 2.24) is 20.6 Å². The number of hydrogen-bond acceptors (Lipinski definition) is 5. The van der Waals surface area contributed by atoms with Gasteiger partial charge in [0.25, 0.3) is 5.91 Å². The summed E-state index contributed by atoms with van der Waals surface area (Å²) in [5.74, 6) is -0.129. The summed E-state index contributed by atoms with van der Waals surface area (Å²) < 4.78 is 5.51. The maximum Gasteiger partial charge on any atom is 0.252 e. The molecule has 7 heteroatoms. The summed E-state index contributed by atoms with van der Waals surface area (Å²) in [6, 6.07) is 10.2. The van der Waals surface area contributed by atoms with Gasteiger partial charge in [-0.05, 0) is 23.8 Å². The highest BCUT2D eigenvalue weighted by molar-refractivity contribution is 6.00. The molecule has 24 heavy (non-hydrogen) atoms. The molecule has 0 radical (unpaired) electrons. The number of nitrogens with zero attached hydrogens (tertiary/aromatic N) is 2. The zero-order chi connectivity index (χ0) is 16.5. The van der Waals surface area contributed by atoms with Crippen LogP contribution in [0.3, 0.4) is 0 Å². The number of fused-ring (bicyclic) bond motifs is 2.